The number of benzene rings is 1. The van der Waals surface area contributed by atoms with Crippen LogP contribution in [0.4, 0.5) is 8.78 Å². The quantitative estimate of drug-likeness (QED) is 0.461. The molecular formula is C29H38F2N4O2. The Morgan fingerprint density at radius 2 is 1.73 bits per heavy atom. The van der Waals surface area contributed by atoms with E-state index in [0.29, 0.717) is 23.9 Å². The van der Waals surface area contributed by atoms with Gasteiger partial charge in [0.25, 0.3) is 0 Å². The Labute approximate surface area is 217 Å². The number of hydrogen-bond donors (Lipinski definition) is 1. The maximum Gasteiger partial charge on any atom is 0.248 e. The molecule has 3 unspecified atom stereocenters. The minimum Gasteiger partial charge on any atom is -0.349 e. The van der Waals surface area contributed by atoms with Crippen LogP contribution in [-0.4, -0.2) is 45.5 Å². The van der Waals surface area contributed by atoms with Gasteiger partial charge in [0.2, 0.25) is 17.7 Å². The lowest BCUT2D eigenvalue weighted by Gasteiger charge is -2.39. The molecule has 8 heteroatoms. The first kappa shape index (κ1) is 25.0. The molecule has 2 bridgehead atoms. The number of amides is 1. The Kier molecular flexibility index (Phi) is 7.03. The van der Waals surface area contributed by atoms with Crippen LogP contribution in [0.3, 0.4) is 0 Å². The van der Waals surface area contributed by atoms with E-state index < -0.39 is 5.92 Å². The summed E-state index contributed by atoms with van der Waals surface area (Å²) in [6.07, 6.45) is 9.01. The van der Waals surface area contributed by atoms with Gasteiger partial charge >= 0.3 is 0 Å². The monoisotopic (exact) mass is 512 g/mol. The Balaban J connectivity index is 1.08. The molecule has 1 aromatic carbocycles. The summed E-state index contributed by atoms with van der Waals surface area (Å²) >= 11 is 0. The molecule has 4 fully saturated rings. The average Bonchev–Trinajstić information content (AvgIpc) is 3.42. The standard InChI is InChI=1S/C29H38F2N4O2/c30-29(31)14-11-20(12-15-29)27(36)32-25(19-5-2-1-3-6-19)13-16-35-23-9-10-24(35)18-22(17-23)26-33-28(37-34-26)21-7-4-8-21/h1-3,5-6,20-25H,4,7-18H2,(H,32,36). The highest BCUT2D eigenvalue weighted by Crippen LogP contribution is 2.44. The second kappa shape index (κ2) is 10.4. The fraction of sp³-hybridized carbons (Fsp3) is 0.690. The molecule has 3 atom stereocenters. The second-order valence-electron chi connectivity index (χ2n) is 11.8. The van der Waals surface area contributed by atoms with Crippen molar-refractivity contribution in [3.8, 4) is 0 Å². The first-order valence-corrected chi connectivity index (χ1v) is 14.3. The van der Waals surface area contributed by atoms with E-state index in [0.717, 1.165) is 55.9 Å². The summed E-state index contributed by atoms with van der Waals surface area (Å²) in [6.45, 7) is 0.907. The predicted octanol–water partition coefficient (Wildman–Crippen LogP) is 6.12. The minimum atomic E-state index is -2.62. The van der Waals surface area contributed by atoms with Crippen molar-refractivity contribution in [3.05, 3.63) is 47.6 Å². The molecule has 2 aliphatic heterocycles. The van der Waals surface area contributed by atoms with Crippen LogP contribution >= 0.6 is 0 Å². The van der Waals surface area contributed by atoms with Crippen molar-refractivity contribution in [2.45, 2.75) is 113 Å². The van der Waals surface area contributed by atoms with Gasteiger partial charge in [-0.3, -0.25) is 9.69 Å². The predicted molar refractivity (Wildman–Crippen MR) is 135 cm³/mol. The average molecular weight is 513 g/mol. The summed E-state index contributed by atoms with van der Waals surface area (Å²) in [5, 5.41) is 7.60. The lowest BCUT2D eigenvalue weighted by atomic mass is 9.85. The summed E-state index contributed by atoms with van der Waals surface area (Å²) in [5.41, 5.74) is 1.08. The van der Waals surface area contributed by atoms with Gasteiger partial charge in [-0.1, -0.05) is 41.9 Å². The highest BCUT2D eigenvalue weighted by atomic mass is 19.3. The molecule has 0 radical (unpaired) electrons. The van der Waals surface area contributed by atoms with Crippen molar-refractivity contribution in [1.82, 2.24) is 20.4 Å². The van der Waals surface area contributed by atoms with Gasteiger partial charge in [0.15, 0.2) is 5.82 Å². The normalized spacial score (nSPS) is 29.1. The zero-order valence-corrected chi connectivity index (χ0v) is 21.5. The first-order chi connectivity index (χ1) is 17.9. The number of halogens is 2. The fourth-order valence-corrected chi connectivity index (χ4v) is 6.96. The van der Waals surface area contributed by atoms with Gasteiger partial charge in [0.05, 0.1) is 6.04 Å². The van der Waals surface area contributed by atoms with E-state index in [4.69, 9.17) is 9.51 Å². The van der Waals surface area contributed by atoms with Crippen LogP contribution in [-0.2, 0) is 4.79 Å². The van der Waals surface area contributed by atoms with E-state index in [2.05, 4.69) is 27.5 Å². The highest BCUT2D eigenvalue weighted by molar-refractivity contribution is 5.79. The highest BCUT2D eigenvalue weighted by Gasteiger charge is 2.43. The number of hydrogen-bond acceptors (Lipinski definition) is 5. The molecule has 4 aliphatic rings. The summed E-state index contributed by atoms with van der Waals surface area (Å²) < 4.78 is 32.8. The molecule has 2 aromatic rings. The van der Waals surface area contributed by atoms with Crippen molar-refractivity contribution < 1.29 is 18.1 Å². The first-order valence-electron chi connectivity index (χ1n) is 14.3. The maximum atomic E-state index is 13.6. The molecule has 6 nitrogen and oxygen atoms in total. The number of nitrogens with one attached hydrogen (secondary N) is 1. The molecule has 1 aromatic heterocycles. The number of piperidine rings is 1. The summed E-state index contributed by atoms with van der Waals surface area (Å²) in [6, 6.07) is 11.0. The van der Waals surface area contributed by atoms with E-state index in [-0.39, 0.29) is 43.6 Å². The van der Waals surface area contributed by atoms with Gasteiger partial charge in [0, 0.05) is 49.2 Å². The molecular weight excluding hydrogens is 474 g/mol. The fourth-order valence-electron chi connectivity index (χ4n) is 6.96. The van der Waals surface area contributed by atoms with Crippen LogP contribution in [0.2, 0.25) is 0 Å². The van der Waals surface area contributed by atoms with E-state index >= 15 is 0 Å². The summed E-state index contributed by atoms with van der Waals surface area (Å²) in [4.78, 5) is 20.5. The van der Waals surface area contributed by atoms with Crippen LogP contribution in [0.1, 0.15) is 112 Å². The third-order valence-electron chi connectivity index (χ3n) is 9.44. The largest absolute Gasteiger partial charge is 0.349 e. The van der Waals surface area contributed by atoms with Crippen LogP contribution in [0.15, 0.2) is 34.9 Å². The molecule has 2 saturated heterocycles. The molecule has 6 rings (SSSR count). The zero-order chi connectivity index (χ0) is 25.4. The van der Waals surface area contributed by atoms with E-state index in [1.54, 1.807) is 0 Å². The summed E-state index contributed by atoms with van der Waals surface area (Å²) in [7, 11) is 0. The van der Waals surface area contributed by atoms with Gasteiger partial charge in [-0.2, -0.15) is 4.98 Å². The van der Waals surface area contributed by atoms with Crippen molar-refractivity contribution in [2.75, 3.05) is 6.54 Å². The number of carbonyl (C=O) groups excluding carboxylic acids is 1. The number of carbonyl (C=O) groups is 1. The van der Waals surface area contributed by atoms with Gasteiger partial charge in [-0.25, -0.2) is 8.78 Å². The van der Waals surface area contributed by atoms with Crippen LogP contribution in [0.5, 0.6) is 0 Å². The van der Waals surface area contributed by atoms with Gasteiger partial charge in [-0.05, 0) is 63.4 Å². The van der Waals surface area contributed by atoms with E-state index in [9.17, 15) is 13.6 Å². The Hall–Kier alpha value is -2.35. The van der Waals surface area contributed by atoms with Gasteiger partial charge < -0.3 is 9.84 Å². The van der Waals surface area contributed by atoms with E-state index in [1.807, 2.05) is 18.2 Å². The molecule has 200 valence electrons. The molecule has 2 saturated carbocycles. The molecule has 2 aliphatic carbocycles. The van der Waals surface area contributed by atoms with Crippen molar-refractivity contribution >= 4 is 5.91 Å². The molecule has 1 amide bonds. The molecule has 1 N–H and O–H groups in total. The summed E-state index contributed by atoms with van der Waals surface area (Å²) in [5.74, 6) is -0.469. The SMILES string of the molecule is O=C(NC(CCN1C2CCC1CC(c1noc(C3CCC3)n1)C2)c1ccccc1)C1CCC(F)(F)CC1. The lowest BCUT2D eigenvalue weighted by molar-refractivity contribution is -0.130. The van der Waals surface area contributed by atoms with E-state index in [1.165, 1.54) is 19.3 Å². The number of fused-ring (bicyclic) bond motifs is 2. The minimum absolute atomic E-state index is 0.0783. The Morgan fingerprint density at radius 1 is 1.03 bits per heavy atom. The molecule has 0 spiro atoms. The topological polar surface area (TPSA) is 71.3 Å². The number of aromatic nitrogens is 2. The number of rotatable bonds is 8. The number of nitrogens with zero attached hydrogens (tertiary/aromatic N) is 3. The number of alkyl halides is 2. The van der Waals surface area contributed by atoms with Crippen LogP contribution in [0.25, 0.3) is 0 Å². The molecule has 37 heavy (non-hydrogen) atoms. The second-order valence-corrected chi connectivity index (χ2v) is 11.8. The van der Waals surface area contributed by atoms with Crippen molar-refractivity contribution in [2.24, 2.45) is 5.92 Å². The third kappa shape index (κ3) is 5.45. The Bertz CT molecular complexity index is 1050. The zero-order valence-electron chi connectivity index (χ0n) is 21.5. The Morgan fingerprint density at radius 3 is 2.38 bits per heavy atom. The molecule has 3 heterocycles. The van der Waals surface area contributed by atoms with Crippen LogP contribution in [0, 0.1) is 5.92 Å². The van der Waals surface area contributed by atoms with Gasteiger partial charge in [-0.15, -0.1) is 0 Å². The van der Waals surface area contributed by atoms with Crippen molar-refractivity contribution in [1.29, 1.82) is 0 Å². The smallest absolute Gasteiger partial charge is 0.248 e. The maximum absolute atomic E-state index is 13.6. The van der Waals surface area contributed by atoms with Crippen LogP contribution < -0.4 is 5.32 Å². The van der Waals surface area contributed by atoms with Gasteiger partial charge in [0.1, 0.15) is 0 Å². The lowest BCUT2D eigenvalue weighted by Crippen LogP contribution is -2.44. The van der Waals surface area contributed by atoms with Crippen molar-refractivity contribution in [3.63, 3.8) is 0 Å². The third-order valence-corrected chi connectivity index (χ3v) is 9.44.